The maximum Gasteiger partial charge on any atom is 0.257 e. The predicted molar refractivity (Wildman–Crippen MR) is 108 cm³/mol. The van der Waals surface area contributed by atoms with E-state index in [-0.39, 0.29) is 17.9 Å². The number of benzene rings is 2. The molecule has 5 rings (SSSR count). The van der Waals surface area contributed by atoms with Gasteiger partial charge in [-0.05, 0) is 35.8 Å². The van der Waals surface area contributed by atoms with Crippen LogP contribution in [0.15, 0.2) is 60.7 Å². The van der Waals surface area contributed by atoms with Crippen molar-refractivity contribution in [2.24, 2.45) is 17.8 Å². The fourth-order valence-electron chi connectivity index (χ4n) is 5.13. The Morgan fingerprint density at radius 2 is 1.61 bits per heavy atom. The Kier molecular flexibility index (Phi) is 4.48. The minimum absolute atomic E-state index is 0.0306. The third kappa shape index (κ3) is 3.05. The summed E-state index contributed by atoms with van der Waals surface area (Å²) in [6, 6.07) is 20.3. The molecule has 3 unspecified atom stereocenters. The highest BCUT2D eigenvalue weighted by Gasteiger charge is 2.58. The highest BCUT2D eigenvalue weighted by atomic mass is 16.3. The zero-order valence-electron chi connectivity index (χ0n) is 16.1. The van der Waals surface area contributed by atoms with Gasteiger partial charge in [-0.15, -0.1) is 0 Å². The molecule has 28 heavy (non-hydrogen) atoms. The van der Waals surface area contributed by atoms with Gasteiger partial charge in [0.1, 0.15) is 0 Å². The lowest BCUT2D eigenvalue weighted by molar-refractivity contribution is -0.152. The molecule has 146 valence electrons. The molecule has 2 N–H and O–H groups in total. The first kappa shape index (κ1) is 17.9. The number of likely N-dealkylation sites (tertiary alicyclic amines) is 1. The molecule has 2 aromatic rings. The van der Waals surface area contributed by atoms with E-state index < -0.39 is 5.60 Å². The first-order valence-electron chi connectivity index (χ1n) is 10.5. The zero-order chi connectivity index (χ0) is 19.1. The summed E-state index contributed by atoms with van der Waals surface area (Å²) in [5.41, 5.74) is 0.682. The number of amides is 1. The Balaban J connectivity index is 1.22. The molecule has 3 atom stereocenters. The molecule has 0 bridgehead atoms. The third-order valence-electron chi connectivity index (χ3n) is 7.07. The highest BCUT2D eigenvalue weighted by molar-refractivity contribution is 5.87. The van der Waals surface area contributed by atoms with Crippen molar-refractivity contribution in [3.05, 3.63) is 71.8 Å². The van der Waals surface area contributed by atoms with Gasteiger partial charge in [0, 0.05) is 31.6 Å². The number of nitrogens with zero attached hydrogens (tertiary/aromatic N) is 1. The maximum absolute atomic E-state index is 13.2. The molecule has 4 heteroatoms. The molecule has 0 spiro atoms. The van der Waals surface area contributed by atoms with Crippen LogP contribution in [0.5, 0.6) is 0 Å². The maximum atomic E-state index is 13.2. The minimum atomic E-state index is -1.39. The summed E-state index contributed by atoms with van der Waals surface area (Å²) in [5, 5.41) is 14.6. The SMILES string of the molecule is O=C(NC1C2CN(Cc3ccccc3)CC21)C(O)(c1ccccc1)C1CCC1. The van der Waals surface area contributed by atoms with Gasteiger partial charge >= 0.3 is 0 Å². The number of piperidine rings is 1. The lowest BCUT2D eigenvalue weighted by Crippen LogP contribution is -2.53. The van der Waals surface area contributed by atoms with Crippen molar-refractivity contribution in [1.29, 1.82) is 0 Å². The summed E-state index contributed by atoms with van der Waals surface area (Å²) in [5.74, 6) is 0.878. The van der Waals surface area contributed by atoms with Crippen LogP contribution < -0.4 is 5.32 Å². The molecule has 3 fully saturated rings. The van der Waals surface area contributed by atoms with E-state index in [9.17, 15) is 9.90 Å². The predicted octanol–water partition coefficient (Wildman–Crippen LogP) is 2.92. The van der Waals surface area contributed by atoms with Crippen LogP contribution >= 0.6 is 0 Å². The van der Waals surface area contributed by atoms with Crippen LogP contribution in [0.4, 0.5) is 0 Å². The van der Waals surface area contributed by atoms with Crippen LogP contribution in [0.3, 0.4) is 0 Å². The van der Waals surface area contributed by atoms with E-state index in [1.165, 1.54) is 5.56 Å². The zero-order valence-corrected chi connectivity index (χ0v) is 16.1. The lowest BCUT2D eigenvalue weighted by atomic mass is 9.69. The number of carbonyl (C=O) groups is 1. The number of rotatable bonds is 6. The third-order valence-corrected chi connectivity index (χ3v) is 7.07. The van der Waals surface area contributed by atoms with Gasteiger partial charge in [0.15, 0.2) is 5.60 Å². The molecule has 1 amide bonds. The first-order chi connectivity index (χ1) is 13.7. The number of hydrogen-bond donors (Lipinski definition) is 2. The van der Waals surface area contributed by atoms with Crippen molar-refractivity contribution in [2.45, 2.75) is 37.5 Å². The first-order valence-corrected chi connectivity index (χ1v) is 10.5. The number of aliphatic hydroxyl groups is 1. The van der Waals surface area contributed by atoms with Crippen molar-refractivity contribution >= 4 is 5.91 Å². The summed E-state index contributed by atoms with van der Waals surface area (Å²) in [6.07, 6.45) is 2.93. The molecular weight excluding hydrogens is 348 g/mol. The molecule has 1 aliphatic heterocycles. The van der Waals surface area contributed by atoms with Crippen LogP contribution in [0.1, 0.15) is 30.4 Å². The van der Waals surface area contributed by atoms with Gasteiger partial charge in [-0.1, -0.05) is 67.1 Å². The van der Waals surface area contributed by atoms with E-state index >= 15 is 0 Å². The summed E-state index contributed by atoms with van der Waals surface area (Å²) in [6.45, 7) is 3.03. The van der Waals surface area contributed by atoms with Crippen LogP contribution in [-0.4, -0.2) is 35.0 Å². The van der Waals surface area contributed by atoms with Gasteiger partial charge in [-0.25, -0.2) is 0 Å². The standard InChI is InChI=1S/C24H28N2O2/c27-23(24(28,19-12-7-13-19)18-10-5-2-6-11-18)25-22-20-15-26(16-21(20)22)14-17-8-3-1-4-9-17/h1-6,8-11,19-22,28H,7,12-16H2,(H,25,27). The largest absolute Gasteiger partial charge is 0.375 e. The molecule has 2 saturated carbocycles. The molecule has 2 aromatic carbocycles. The van der Waals surface area contributed by atoms with E-state index in [0.29, 0.717) is 11.8 Å². The van der Waals surface area contributed by atoms with Crippen molar-refractivity contribution in [3.8, 4) is 0 Å². The van der Waals surface area contributed by atoms with E-state index in [1.807, 2.05) is 36.4 Å². The Hall–Kier alpha value is -2.17. The van der Waals surface area contributed by atoms with Crippen molar-refractivity contribution in [3.63, 3.8) is 0 Å². The fraction of sp³-hybridized carbons (Fsp3) is 0.458. The topological polar surface area (TPSA) is 52.6 Å². The van der Waals surface area contributed by atoms with Gasteiger partial charge < -0.3 is 10.4 Å². The van der Waals surface area contributed by atoms with Crippen LogP contribution in [0, 0.1) is 17.8 Å². The van der Waals surface area contributed by atoms with E-state index in [1.54, 1.807) is 0 Å². The molecule has 0 radical (unpaired) electrons. The second kappa shape index (κ2) is 7.02. The fourth-order valence-corrected chi connectivity index (χ4v) is 5.13. The Morgan fingerprint density at radius 3 is 2.18 bits per heavy atom. The number of carbonyl (C=O) groups excluding carboxylic acids is 1. The molecule has 1 saturated heterocycles. The van der Waals surface area contributed by atoms with Crippen LogP contribution in [0.25, 0.3) is 0 Å². The number of hydrogen-bond acceptors (Lipinski definition) is 3. The lowest BCUT2D eigenvalue weighted by Gasteiger charge is -2.40. The molecular formula is C24H28N2O2. The minimum Gasteiger partial charge on any atom is -0.375 e. The van der Waals surface area contributed by atoms with Gasteiger partial charge in [0.25, 0.3) is 5.91 Å². The quantitative estimate of drug-likeness (QED) is 0.815. The summed E-state index contributed by atoms with van der Waals surface area (Å²) in [4.78, 5) is 15.7. The normalized spacial score (nSPS) is 28.8. The summed E-state index contributed by atoms with van der Waals surface area (Å²) in [7, 11) is 0. The summed E-state index contributed by atoms with van der Waals surface area (Å²) < 4.78 is 0. The molecule has 0 aromatic heterocycles. The van der Waals surface area contributed by atoms with Crippen molar-refractivity contribution in [1.82, 2.24) is 10.2 Å². The van der Waals surface area contributed by atoms with Gasteiger partial charge in [0.2, 0.25) is 0 Å². The average Bonchev–Trinajstić information content (AvgIpc) is 3.11. The van der Waals surface area contributed by atoms with Crippen molar-refractivity contribution in [2.75, 3.05) is 13.1 Å². The molecule has 2 aliphatic carbocycles. The van der Waals surface area contributed by atoms with Gasteiger partial charge in [-0.3, -0.25) is 9.69 Å². The molecule has 4 nitrogen and oxygen atoms in total. The van der Waals surface area contributed by atoms with E-state index in [0.717, 1.165) is 44.5 Å². The van der Waals surface area contributed by atoms with E-state index in [2.05, 4.69) is 34.5 Å². The van der Waals surface area contributed by atoms with Gasteiger partial charge in [0.05, 0.1) is 0 Å². The summed E-state index contributed by atoms with van der Waals surface area (Å²) >= 11 is 0. The van der Waals surface area contributed by atoms with Gasteiger partial charge in [-0.2, -0.15) is 0 Å². The molecule has 3 aliphatic rings. The molecule has 1 heterocycles. The monoisotopic (exact) mass is 376 g/mol. The highest BCUT2D eigenvalue weighted by Crippen LogP contribution is 2.48. The van der Waals surface area contributed by atoms with E-state index in [4.69, 9.17) is 0 Å². The Bertz CT molecular complexity index is 824. The second-order valence-electron chi connectivity index (χ2n) is 8.77. The number of fused-ring (bicyclic) bond motifs is 1. The van der Waals surface area contributed by atoms with Crippen LogP contribution in [-0.2, 0) is 16.9 Å². The number of nitrogens with one attached hydrogen (secondary N) is 1. The Labute approximate surface area is 166 Å². The smallest absolute Gasteiger partial charge is 0.257 e. The second-order valence-corrected chi connectivity index (χ2v) is 8.77. The van der Waals surface area contributed by atoms with Crippen LogP contribution in [0.2, 0.25) is 0 Å². The Morgan fingerprint density at radius 1 is 1.00 bits per heavy atom. The van der Waals surface area contributed by atoms with Crippen molar-refractivity contribution < 1.29 is 9.90 Å². The average molecular weight is 377 g/mol.